The maximum atomic E-state index is 13.3. The lowest BCUT2D eigenvalue weighted by atomic mass is 9.92. The summed E-state index contributed by atoms with van der Waals surface area (Å²) in [6.07, 6.45) is -6.47. The minimum absolute atomic E-state index is 0.150. The zero-order chi connectivity index (χ0) is 111. The van der Waals surface area contributed by atoms with Crippen LogP contribution < -0.4 is 37.2 Å². The second-order valence-corrected chi connectivity index (χ2v) is 62.4. The highest BCUT2D eigenvalue weighted by Gasteiger charge is 2.55. The Hall–Kier alpha value is -9.13. The van der Waals surface area contributed by atoms with E-state index in [2.05, 4.69) is 67.8 Å². The second-order valence-electron chi connectivity index (χ2n) is 44.5. The summed E-state index contributed by atoms with van der Waals surface area (Å²) in [6.45, 7) is 62.7. The van der Waals surface area contributed by atoms with Crippen LogP contribution in [-0.2, 0) is 134 Å². The average Bonchev–Trinajstić information content (AvgIpc) is 1.69. The molecule has 141 heavy (non-hydrogen) atoms. The summed E-state index contributed by atoms with van der Waals surface area (Å²) in [5.74, 6) is -3.31. The third kappa shape index (κ3) is 31.7. The van der Waals surface area contributed by atoms with Crippen molar-refractivity contribution in [1.29, 1.82) is 0 Å². The Morgan fingerprint density at radius 1 is 0.447 bits per heavy atom. The molecule has 802 valence electrons. The number of amides is 6. The van der Waals surface area contributed by atoms with E-state index in [1.54, 1.807) is 98.3 Å². The van der Waals surface area contributed by atoms with Gasteiger partial charge in [0.2, 0.25) is 35.4 Å². The number of hydrogen-bond acceptors (Lipinski definition) is 29. The highest BCUT2D eigenvalue weighted by atomic mass is 32.2. The van der Waals surface area contributed by atoms with Crippen molar-refractivity contribution in [2.24, 2.45) is 18.9 Å². The molecule has 0 aromatic carbocycles. The van der Waals surface area contributed by atoms with Crippen molar-refractivity contribution >= 4 is 135 Å². The van der Waals surface area contributed by atoms with Crippen molar-refractivity contribution in [3.8, 4) is 0 Å². The summed E-state index contributed by atoms with van der Waals surface area (Å²) in [7, 11) is -21.0. The van der Waals surface area contributed by atoms with E-state index >= 15 is 0 Å². The molecular formula is C93H150F6N14O22S6. The van der Waals surface area contributed by atoms with Crippen LogP contribution in [0.2, 0.25) is 0 Å². The van der Waals surface area contributed by atoms with Crippen LogP contribution >= 0.6 is 0 Å². The predicted octanol–water partition coefficient (Wildman–Crippen LogP) is 16.4. The van der Waals surface area contributed by atoms with E-state index < -0.39 is 183 Å². The van der Waals surface area contributed by atoms with Crippen LogP contribution in [-0.4, -0.2) is 199 Å². The number of ketones is 1. The molecule has 0 saturated carbocycles. The number of alkyl halides is 6. The maximum absolute atomic E-state index is 13.3. The highest BCUT2D eigenvalue weighted by Crippen LogP contribution is 2.40. The number of hydrogen-bond donors (Lipinski definition) is 7. The van der Waals surface area contributed by atoms with Crippen molar-refractivity contribution < 1.29 is 124 Å². The van der Waals surface area contributed by atoms with E-state index in [-0.39, 0.29) is 62.6 Å². The summed E-state index contributed by atoms with van der Waals surface area (Å²) < 4.78 is 233. The lowest BCUT2D eigenvalue weighted by Gasteiger charge is -2.34. The first-order valence-electron chi connectivity index (χ1n) is 45.3. The fraction of sp³-hybridized carbons (Fsp3) is 0.688. The molecule has 6 amide bonds. The molecule has 7 N–H and O–H groups in total. The van der Waals surface area contributed by atoms with Crippen molar-refractivity contribution in [2.45, 2.75) is 375 Å². The van der Waals surface area contributed by atoms with Crippen LogP contribution in [0.3, 0.4) is 0 Å². The first kappa shape index (κ1) is 128. The number of rotatable bonds is 25. The number of piperidine rings is 1. The van der Waals surface area contributed by atoms with Gasteiger partial charge in [0, 0.05) is 59.2 Å². The molecule has 6 aromatic rings. The Kier molecular flexibility index (Phi) is 41.4. The quantitative estimate of drug-likeness (QED) is 0.0262. The first-order valence-corrected chi connectivity index (χ1v) is 54.4. The van der Waals surface area contributed by atoms with Gasteiger partial charge >= 0.3 is 12.4 Å². The average molecular weight is 2120 g/mol. The van der Waals surface area contributed by atoms with Crippen LogP contribution in [0.5, 0.6) is 0 Å². The van der Waals surface area contributed by atoms with E-state index in [4.69, 9.17) is 13.6 Å². The summed E-state index contributed by atoms with van der Waals surface area (Å²) in [4.78, 5) is 94.0. The largest absolute Gasteiger partial charge is 0.433 e. The Labute approximate surface area is 828 Å². The third-order valence-electron chi connectivity index (χ3n) is 23.1. The number of anilines is 6. The van der Waals surface area contributed by atoms with Gasteiger partial charge in [0.1, 0.15) is 80.4 Å². The van der Waals surface area contributed by atoms with E-state index in [0.29, 0.717) is 48.6 Å². The number of pyridine rings is 2. The summed E-state index contributed by atoms with van der Waals surface area (Å²) in [6, 6.07) is 11.0. The van der Waals surface area contributed by atoms with E-state index in [1.165, 1.54) is 118 Å². The van der Waals surface area contributed by atoms with Crippen LogP contribution in [0.15, 0.2) is 74.4 Å². The molecule has 0 spiro atoms. The molecule has 7 heterocycles. The van der Waals surface area contributed by atoms with Gasteiger partial charge in [0.15, 0.2) is 76.5 Å². The van der Waals surface area contributed by atoms with Gasteiger partial charge in [-0.2, -0.15) is 31.4 Å². The number of sulfone groups is 6. The van der Waals surface area contributed by atoms with Crippen LogP contribution in [0.25, 0.3) is 0 Å². The zero-order valence-electron chi connectivity index (χ0n) is 88.6. The monoisotopic (exact) mass is 2120 g/mol. The molecule has 1 fully saturated rings. The predicted molar refractivity (Wildman–Crippen MR) is 535 cm³/mol. The number of halogens is 6. The van der Waals surface area contributed by atoms with Crippen molar-refractivity contribution in [3.63, 3.8) is 0 Å². The van der Waals surface area contributed by atoms with Gasteiger partial charge in [-0.05, 0) is 228 Å². The van der Waals surface area contributed by atoms with Crippen molar-refractivity contribution in [2.75, 3.05) is 45.0 Å². The SMILES string of the molecule is CC(=O)C(C1CCCNC1)S(=O)(=O)C(C)(C)C(=O)Nc1cc(C(C)(C)C)on1.CC(C)(C)S(=O)(=O)C(C)(C)C(=O)Nc1cc(C(F)(F)F)ccn1.CC(C)(C)S(=O)(=O)C(C)(C)C(=O)Nc1cccc(C(F)(F)F)n1.CC(C)C(C(=O)Nc1cc(C(C)(C)C)on1)S(=O)(=O)C(C)C.CCC(C)S(=O)(=O)C(C)(C)C(=O)Nc1cc(C(C)(C)C)on1.Cn1nc(C(C)(C)C)cc1NC(=O)C(C)(C)S(=O)(=O)C(C)(C)C. The van der Waals surface area contributed by atoms with Gasteiger partial charge in [0.05, 0.1) is 36.0 Å². The first-order chi connectivity index (χ1) is 62.7. The minimum atomic E-state index is -4.66. The molecule has 6 aromatic heterocycles. The van der Waals surface area contributed by atoms with Crippen LogP contribution in [0.4, 0.5) is 61.2 Å². The van der Waals surface area contributed by atoms with Gasteiger partial charge < -0.3 is 50.8 Å². The number of aromatic nitrogens is 7. The number of carbonyl (C=O) groups excluding carboxylic acids is 7. The van der Waals surface area contributed by atoms with E-state index in [9.17, 15) is 110 Å². The number of Topliss-reactive ketones (excluding diaryl/α,β-unsaturated/α-hetero) is 1. The third-order valence-corrected chi connectivity index (χ3v) is 41.2. The molecule has 4 atom stereocenters. The smallest absolute Gasteiger partial charge is 0.359 e. The van der Waals surface area contributed by atoms with Gasteiger partial charge in [-0.25, -0.2) is 60.5 Å². The molecule has 1 aliphatic heterocycles. The molecule has 0 radical (unpaired) electrons. The van der Waals surface area contributed by atoms with Crippen LogP contribution in [0.1, 0.15) is 317 Å². The van der Waals surface area contributed by atoms with Crippen molar-refractivity contribution in [1.82, 2.24) is 40.5 Å². The fourth-order valence-electron chi connectivity index (χ4n) is 12.9. The van der Waals surface area contributed by atoms with Gasteiger partial charge in [-0.3, -0.25) is 38.2 Å². The van der Waals surface area contributed by atoms with Gasteiger partial charge in [0.25, 0.3) is 0 Å². The lowest BCUT2D eigenvalue weighted by molar-refractivity contribution is -0.141. The van der Waals surface area contributed by atoms with Crippen LogP contribution in [0, 0.1) is 11.8 Å². The molecule has 0 bridgehead atoms. The second kappa shape index (κ2) is 45.7. The van der Waals surface area contributed by atoms with Crippen molar-refractivity contribution in [3.05, 3.63) is 95.0 Å². The maximum Gasteiger partial charge on any atom is 0.433 e. The molecule has 7 rings (SSSR count). The molecule has 36 nitrogen and oxygen atoms in total. The van der Waals surface area contributed by atoms with E-state index in [0.717, 1.165) is 49.1 Å². The topological polar surface area (TPSA) is 530 Å². The Morgan fingerprint density at radius 2 is 0.809 bits per heavy atom. The highest BCUT2D eigenvalue weighted by molar-refractivity contribution is 7.96. The van der Waals surface area contributed by atoms with Gasteiger partial charge in [-0.15, -0.1) is 0 Å². The zero-order valence-corrected chi connectivity index (χ0v) is 93.5. The normalized spacial score (nSPS) is 15.2. The lowest BCUT2D eigenvalue weighted by Crippen LogP contribution is -2.54. The van der Waals surface area contributed by atoms with E-state index in [1.807, 2.05) is 83.1 Å². The molecule has 48 heteroatoms. The summed E-state index contributed by atoms with van der Waals surface area (Å²) in [5, 5.41) is 30.0. The number of carbonyl (C=O) groups is 7. The molecular weight excluding hydrogens is 1970 g/mol. The van der Waals surface area contributed by atoms with Gasteiger partial charge in [-0.1, -0.05) is 125 Å². The number of aryl methyl sites for hydroxylation is 1. The molecule has 1 saturated heterocycles. The number of nitrogens with one attached hydrogen (secondary N) is 7. The number of nitrogens with zero attached hydrogens (tertiary/aromatic N) is 7. The minimum Gasteiger partial charge on any atom is -0.359 e. The molecule has 4 unspecified atom stereocenters. The Bertz CT molecular complexity index is 6000. The Morgan fingerprint density at radius 3 is 1.12 bits per heavy atom. The summed E-state index contributed by atoms with van der Waals surface area (Å²) in [5.41, 5.74) is -2.28. The Balaban J connectivity index is 0.000000573. The standard InChI is InChI=1S/C19H31N3O5S.C16H29N3O3S.2C15H26N2O4S.2C14H19F3N2O3S/c1-12(23)16(13-8-7-9-20-11-13)28(25,26)19(5,6)17(24)21-15-10-14(27-22-15)18(2,3)4;1-14(2,3)11-10-12(19(9)18-11)17-13(20)16(7,8)23(21,22)15(4,5)6;1-9(2)13(22(19,20)10(3)4)14(18)16-12-8-11(21-17-12)15(5,6)7;1-8-10(2)22(19,20)15(6,7)13(18)16-12-9-11(21-17-12)14(3,4)5;1-12(2,3)23(21,22)13(4,5)11(20)19-10-8-9(6-7-18-10)14(15,16)17;1-12(2,3)23(21,22)13(4,5)11(20)19-10-8-6-7-9(18-10)14(15,16)17/h10,13,16,20H,7-9,11H2,1-6H3,(H,21,22,24);10H,1-9H3,(H,17,20);8-10,13H,1-7H3,(H,16,17,18);9-10H,8H2,1-7H3,(H,16,17,18);2*6-8H,1-5H3,(H,18,19,20). The fourth-order valence-corrected chi connectivity index (χ4v) is 24.0. The molecule has 1 aliphatic rings. The molecule has 0 aliphatic carbocycles. The summed E-state index contributed by atoms with van der Waals surface area (Å²) >= 11 is 0.